The van der Waals surface area contributed by atoms with Crippen LogP contribution in [0.15, 0.2) is 36.5 Å². The number of phosphoric ester groups is 1. The van der Waals surface area contributed by atoms with Crippen LogP contribution in [0, 0.1) is 0 Å². The second-order valence-corrected chi connectivity index (χ2v) is 16.5. The molecule has 0 radical (unpaired) electrons. The molecule has 0 spiro atoms. The molecule has 50 heavy (non-hydrogen) atoms. The number of nitrogens with one attached hydrogen (secondary N) is 1. The SMILES string of the molecule is CCC/C=C\CCCCCCCC(=O)NC(COP(=O)(O)OCC[N+](C)(C)C)C(O)/C=C/CC/C=C/CCCCCCCCCCCCCC. The van der Waals surface area contributed by atoms with Gasteiger partial charge in [-0.15, -0.1) is 0 Å². The van der Waals surface area contributed by atoms with Gasteiger partial charge in [-0.1, -0.05) is 147 Å². The molecule has 0 bridgehead atoms. The van der Waals surface area contributed by atoms with Crippen LogP contribution in [0.1, 0.15) is 168 Å². The maximum Gasteiger partial charge on any atom is 0.472 e. The molecular formula is C41H80N2O6P+. The highest BCUT2D eigenvalue weighted by molar-refractivity contribution is 7.47. The number of aliphatic hydroxyl groups excluding tert-OH is 1. The number of hydrogen-bond donors (Lipinski definition) is 3. The molecule has 3 N–H and O–H groups in total. The van der Waals surface area contributed by atoms with Gasteiger partial charge in [0.25, 0.3) is 0 Å². The number of quaternary nitrogens is 1. The lowest BCUT2D eigenvalue weighted by molar-refractivity contribution is -0.870. The molecule has 8 nitrogen and oxygen atoms in total. The molecule has 0 saturated heterocycles. The number of likely N-dealkylation sites (N-methyl/N-ethyl adjacent to an activating group) is 1. The maximum atomic E-state index is 12.8. The lowest BCUT2D eigenvalue weighted by Crippen LogP contribution is -2.45. The van der Waals surface area contributed by atoms with E-state index in [1.165, 1.54) is 83.5 Å². The summed E-state index contributed by atoms with van der Waals surface area (Å²) in [6, 6.07) is -0.863. The number of hydrogen-bond acceptors (Lipinski definition) is 5. The van der Waals surface area contributed by atoms with Crippen molar-refractivity contribution in [3.63, 3.8) is 0 Å². The molecular weight excluding hydrogens is 647 g/mol. The van der Waals surface area contributed by atoms with E-state index in [4.69, 9.17) is 9.05 Å². The van der Waals surface area contributed by atoms with Crippen molar-refractivity contribution in [2.75, 3.05) is 40.9 Å². The Labute approximate surface area is 308 Å². The molecule has 0 heterocycles. The molecule has 0 aliphatic heterocycles. The second-order valence-electron chi connectivity index (χ2n) is 15.0. The van der Waals surface area contributed by atoms with Crippen LogP contribution in [0.2, 0.25) is 0 Å². The average molecular weight is 728 g/mol. The van der Waals surface area contributed by atoms with Crippen LogP contribution < -0.4 is 5.32 Å². The van der Waals surface area contributed by atoms with E-state index in [9.17, 15) is 19.4 Å². The molecule has 3 atom stereocenters. The summed E-state index contributed by atoms with van der Waals surface area (Å²) < 4.78 is 23.4. The lowest BCUT2D eigenvalue weighted by Gasteiger charge is -2.25. The third-order valence-corrected chi connectivity index (χ3v) is 9.80. The zero-order valence-corrected chi connectivity index (χ0v) is 34.0. The van der Waals surface area contributed by atoms with Crippen molar-refractivity contribution in [2.45, 2.75) is 180 Å². The van der Waals surface area contributed by atoms with Gasteiger partial charge in [-0.05, 0) is 51.4 Å². The molecule has 0 aliphatic rings. The van der Waals surface area contributed by atoms with Crippen LogP contribution in [0.4, 0.5) is 0 Å². The molecule has 0 aliphatic carbocycles. The van der Waals surface area contributed by atoms with Crippen molar-refractivity contribution in [1.29, 1.82) is 0 Å². The van der Waals surface area contributed by atoms with E-state index in [0.717, 1.165) is 64.2 Å². The fourth-order valence-corrected chi connectivity index (χ4v) is 6.26. The summed E-state index contributed by atoms with van der Waals surface area (Å²) in [4.78, 5) is 23.0. The number of aliphatic hydroxyl groups is 1. The minimum Gasteiger partial charge on any atom is -0.387 e. The Morgan fingerprint density at radius 1 is 0.660 bits per heavy atom. The van der Waals surface area contributed by atoms with Crippen molar-refractivity contribution >= 4 is 13.7 Å². The molecule has 1 amide bonds. The first-order chi connectivity index (χ1) is 24.0. The van der Waals surface area contributed by atoms with E-state index in [1.54, 1.807) is 6.08 Å². The van der Waals surface area contributed by atoms with Gasteiger partial charge in [0.1, 0.15) is 13.2 Å². The van der Waals surface area contributed by atoms with Crippen molar-refractivity contribution in [1.82, 2.24) is 5.32 Å². The van der Waals surface area contributed by atoms with Crippen LogP contribution in [-0.4, -0.2) is 73.4 Å². The summed E-state index contributed by atoms with van der Waals surface area (Å²) >= 11 is 0. The minimum absolute atomic E-state index is 0.0542. The summed E-state index contributed by atoms with van der Waals surface area (Å²) in [6.07, 6.45) is 39.3. The van der Waals surface area contributed by atoms with E-state index in [1.807, 2.05) is 27.2 Å². The molecule has 9 heteroatoms. The average Bonchev–Trinajstić information content (AvgIpc) is 3.06. The Kier molecular flexibility index (Phi) is 32.7. The first kappa shape index (κ1) is 48.7. The zero-order valence-electron chi connectivity index (χ0n) is 33.1. The van der Waals surface area contributed by atoms with E-state index in [0.29, 0.717) is 17.4 Å². The fraction of sp³-hybridized carbons (Fsp3) is 0.829. The first-order valence-corrected chi connectivity index (χ1v) is 21.9. The molecule has 0 aromatic rings. The summed E-state index contributed by atoms with van der Waals surface area (Å²) in [7, 11) is 1.54. The highest BCUT2D eigenvalue weighted by Crippen LogP contribution is 2.43. The van der Waals surface area contributed by atoms with Gasteiger partial charge >= 0.3 is 7.82 Å². The molecule has 0 saturated carbocycles. The standard InChI is InChI=1S/C41H79N2O6P/c1-6-8-10-12-14-16-18-19-20-21-22-23-24-25-26-28-30-32-34-40(44)39(38-49-50(46,47)48-37-36-43(3,4)5)42-41(45)35-33-31-29-27-17-15-13-11-9-7-2/h11,13,25-26,32,34,39-40,44H,6-10,12,14-24,27-31,33,35-38H2,1-5H3,(H-,42,45,46,47)/p+1/b13-11-,26-25+,34-32+. The molecule has 294 valence electrons. The van der Waals surface area contributed by atoms with Crippen LogP contribution in [-0.2, 0) is 18.4 Å². The van der Waals surface area contributed by atoms with E-state index >= 15 is 0 Å². The molecule has 3 unspecified atom stereocenters. The van der Waals surface area contributed by atoms with Crippen molar-refractivity contribution in [3.05, 3.63) is 36.5 Å². The van der Waals surface area contributed by atoms with E-state index < -0.39 is 20.0 Å². The number of phosphoric acid groups is 1. The van der Waals surface area contributed by atoms with Crippen LogP contribution in [0.5, 0.6) is 0 Å². The number of allylic oxidation sites excluding steroid dienone is 5. The Bertz CT molecular complexity index is 917. The third kappa shape index (κ3) is 35.1. The topological polar surface area (TPSA) is 105 Å². The Hall–Kier alpha value is -1.28. The van der Waals surface area contributed by atoms with Gasteiger partial charge in [-0.25, -0.2) is 4.57 Å². The smallest absolute Gasteiger partial charge is 0.387 e. The molecule has 0 rings (SSSR count). The Morgan fingerprint density at radius 2 is 1.14 bits per heavy atom. The quantitative estimate of drug-likeness (QED) is 0.0257. The predicted molar refractivity (Wildman–Crippen MR) is 212 cm³/mol. The number of rotatable bonds is 36. The predicted octanol–water partition coefficient (Wildman–Crippen LogP) is 10.7. The van der Waals surface area contributed by atoms with Crippen molar-refractivity contribution < 1.29 is 32.9 Å². The monoisotopic (exact) mass is 728 g/mol. The van der Waals surface area contributed by atoms with Gasteiger partial charge in [0.15, 0.2) is 0 Å². The minimum atomic E-state index is -4.34. The second kappa shape index (κ2) is 33.5. The van der Waals surface area contributed by atoms with Gasteiger partial charge in [0.2, 0.25) is 5.91 Å². The Morgan fingerprint density at radius 3 is 1.68 bits per heavy atom. The lowest BCUT2D eigenvalue weighted by atomic mass is 10.0. The maximum absolute atomic E-state index is 12.8. The largest absolute Gasteiger partial charge is 0.472 e. The summed E-state index contributed by atoms with van der Waals surface area (Å²) in [5.41, 5.74) is 0. The summed E-state index contributed by atoms with van der Waals surface area (Å²) in [5.74, 6) is -0.201. The van der Waals surface area contributed by atoms with Gasteiger partial charge in [0.05, 0.1) is 39.9 Å². The van der Waals surface area contributed by atoms with Crippen LogP contribution in [0.25, 0.3) is 0 Å². The van der Waals surface area contributed by atoms with Gasteiger partial charge < -0.3 is 19.8 Å². The fourth-order valence-electron chi connectivity index (χ4n) is 5.53. The molecule has 0 fully saturated rings. The van der Waals surface area contributed by atoms with Crippen molar-refractivity contribution in [3.8, 4) is 0 Å². The van der Waals surface area contributed by atoms with E-state index in [-0.39, 0.29) is 19.1 Å². The van der Waals surface area contributed by atoms with E-state index in [2.05, 4.69) is 43.5 Å². The third-order valence-electron chi connectivity index (χ3n) is 8.81. The number of unbranched alkanes of at least 4 members (excludes halogenated alkanes) is 19. The van der Waals surface area contributed by atoms with Crippen LogP contribution in [0.3, 0.4) is 0 Å². The Balaban J connectivity index is 4.51. The van der Waals surface area contributed by atoms with Crippen molar-refractivity contribution in [2.24, 2.45) is 0 Å². The number of carbonyl (C=O) groups excluding carboxylic acids is 1. The molecule has 0 aromatic carbocycles. The van der Waals surface area contributed by atoms with Gasteiger partial charge in [0, 0.05) is 6.42 Å². The number of amides is 1. The van der Waals surface area contributed by atoms with Crippen LogP contribution >= 0.6 is 7.82 Å². The summed E-state index contributed by atoms with van der Waals surface area (Å²) in [6.45, 7) is 4.70. The highest BCUT2D eigenvalue weighted by Gasteiger charge is 2.27. The molecule has 0 aromatic heterocycles. The first-order valence-electron chi connectivity index (χ1n) is 20.4. The highest BCUT2D eigenvalue weighted by atomic mass is 31.2. The normalized spacial score (nSPS) is 14.9. The zero-order chi connectivity index (χ0) is 37.2. The number of nitrogens with zero attached hydrogens (tertiary/aromatic N) is 1. The number of carbonyl (C=O) groups is 1. The van der Waals surface area contributed by atoms with Gasteiger partial charge in [-0.3, -0.25) is 13.8 Å². The summed E-state index contributed by atoms with van der Waals surface area (Å²) in [5, 5.41) is 13.7. The van der Waals surface area contributed by atoms with Gasteiger partial charge in [-0.2, -0.15) is 0 Å².